The van der Waals surface area contributed by atoms with E-state index in [0.29, 0.717) is 19.7 Å². The minimum absolute atomic E-state index is 0.0454. The first-order valence-corrected chi connectivity index (χ1v) is 11.0. The molecule has 1 aromatic rings. The van der Waals surface area contributed by atoms with E-state index < -0.39 is 5.60 Å². The van der Waals surface area contributed by atoms with Crippen LogP contribution in [0.25, 0.3) is 0 Å². The van der Waals surface area contributed by atoms with Crippen molar-refractivity contribution in [2.45, 2.75) is 65.7 Å². The Labute approximate surface area is 180 Å². The van der Waals surface area contributed by atoms with Crippen LogP contribution in [0.4, 0.5) is 4.79 Å². The molecule has 166 valence electrons. The second kappa shape index (κ2) is 8.96. The van der Waals surface area contributed by atoms with E-state index in [0.717, 1.165) is 31.5 Å². The van der Waals surface area contributed by atoms with Crippen molar-refractivity contribution in [1.82, 2.24) is 9.80 Å². The first-order chi connectivity index (χ1) is 14.1. The van der Waals surface area contributed by atoms with E-state index in [1.807, 2.05) is 56.0 Å². The van der Waals surface area contributed by atoms with E-state index in [1.165, 1.54) is 0 Å². The van der Waals surface area contributed by atoms with Crippen LogP contribution >= 0.6 is 0 Å². The first-order valence-electron chi connectivity index (χ1n) is 11.0. The molecule has 1 amide bonds. The number of ether oxygens (including phenoxy) is 2. The molecule has 3 rings (SSSR count). The molecule has 0 radical (unpaired) electrons. The van der Waals surface area contributed by atoms with Crippen LogP contribution in [0.5, 0.6) is 0 Å². The lowest BCUT2D eigenvalue weighted by atomic mass is 9.86. The van der Waals surface area contributed by atoms with E-state index in [1.54, 1.807) is 0 Å². The zero-order valence-corrected chi connectivity index (χ0v) is 19.0. The van der Waals surface area contributed by atoms with Gasteiger partial charge >= 0.3 is 12.1 Å². The number of likely N-dealkylation sites (tertiary alicyclic amines) is 2. The fourth-order valence-corrected chi connectivity index (χ4v) is 4.61. The Balaban J connectivity index is 1.59. The average Bonchev–Trinajstić information content (AvgIpc) is 3.27. The summed E-state index contributed by atoms with van der Waals surface area (Å²) in [6.45, 7) is 13.2. The van der Waals surface area contributed by atoms with Gasteiger partial charge in [-0.15, -0.1) is 0 Å². The number of amides is 1. The molecule has 2 heterocycles. The molecule has 0 bridgehead atoms. The Morgan fingerprint density at radius 2 is 1.73 bits per heavy atom. The number of carbonyl (C=O) groups excluding carboxylic acids is 2. The molecule has 30 heavy (non-hydrogen) atoms. The third-order valence-corrected chi connectivity index (χ3v) is 6.05. The van der Waals surface area contributed by atoms with Crippen molar-refractivity contribution < 1.29 is 19.1 Å². The Bertz CT molecular complexity index is 743. The number of hydrogen-bond donors (Lipinski definition) is 0. The van der Waals surface area contributed by atoms with Gasteiger partial charge in [0.2, 0.25) is 0 Å². The van der Waals surface area contributed by atoms with E-state index in [-0.39, 0.29) is 29.4 Å². The molecule has 1 aromatic carbocycles. The van der Waals surface area contributed by atoms with Gasteiger partial charge in [-0.1, -0.05) is 44.2 Å². The van der Waals surface area contributed by atoms with Crippen LogP contribution < -0.4 is 0 Å². The lowest BCUT2D eigenvalue weighted by Gasteiger charge is -2.31. The number of esters is 1. The van der Waals surface area contributed by atoms with Crippen LogP contribution in [0.3, 0.4) is 0 Å². The molecule has 0 unspecified atom stereocenters. The number of hydrogen-bond acceptors (Lipinski definition) is 5. The van der Waals surface area contributed by atoms with Crippen molar-refractivity contribution in [3.05, 3.63) is 35.9 Å². The minimum atomic E-state index is -0.486. The molecule has 0 saturated carbocycles. The Kier molecular flexibility index (Phi) is 6.75. The summed E-state index contributed by atoms with van der Waals surface area (Å²) in [6, 6.07) is 9.52. The van der Waals surface area contributed by atoms with Gasteiger partial charge in [0.05, 0.1) is 0 Å². The van der Waals surface area contributed by atoms with Crippen molar-refractivity contribution in [1.29, 1.82) is 0 Å². The molecule has 0 aliphatic carbocycles. The number of benzene rings is 1. The van der Waals surface area contributed by atoms with E-state index in [4.69, 9.17) is 9.47 Å². The predicted octanol–water partition coefficient (Wildman–Crippen LogP) is 4.09. The van der Waals surface area contributed by atoms with Crippen LogP contribution in [0.1, 0.15) is 53.0 Å². The third-order valence-electron chi connectivity index (χ3n) is 6.05. The topological polar surface area (TPSA) is 59.1 Å². The molecule has 6 heteroatoms. The molecule has 2 saturated heterocycles. The standard InChI is InChI=1S/C24H36N2O4/c1-18(2)20(21(27)29-15-19-9-7-6-8-10-19)25-13-11-24(16-25)12-14-26(17-24)22(28)30-23(3,4)5/h6-10,18,20H,11-17H2,1-5H3/t20-,24+/m0/s1. The van der Waals surface area contributed by atoms with Crippen LogP contribution in [0.15, 0.2) is 30.3 Å². The summed E-state index contributed by atoms with van der Waals surface area (Å²) in [7, 11) is 0. The van der Waals surface area contributed by atoms with Crippen LogP contribution in [-0.4, -0.2) is 59.7 Å². The highest BCUT2D eigenvalue weighted by molar-refractivity contribution is 5.76. The second-order valence-electron chi connectivity index (χ2n) is 10.2. The molecular formula is C24H36N2O4. The van der Waals surface area contributed by atoms with Crippen molar-refractivity contribution in [2.75, 3.05) is 26.2 Å². The van der Waals surface area contributed by atoms with Crippen molar-refractivity contribution >= 4 is 12.1 Å². The monoisotopic (exact) mass is 416 g/mol. The molecule has 0 aromatic heterocycles. The summed E-state index contributed by atoms with van der Waals surface area (Å²) in [4.78, 5) is 29.5. The SMILES string of the molecule is CC(C)[C@@H](C(=O)OCc1ccccc1)N1CC[C@@]2(CCN(C(=O)OC(C)(C)C)C2)C1. The van der Waals surface area contributed by atoms with Gasteiger partial charge in [-0.05, 0) is 51.6 Å². The van der Waals surface area contributed by atoms with E-state index in [2.05, 4.69) is 18.7 Å². The second-order valence-corrected chi connectivity index (χ2v) is 10.2. The van der Waals surface area contributed by atoms with Gasteiger partial charge in [0.15, 0.2) is 0 Å². The Morgan fingerprint density at radius 1 is 1.07 bits per heavy atom. The smallest absolute Gasteiger partial charge is 0.410 e. The van der Waals surface area contributed by atoms with Crippen molar-refractivity contribution in [3.8, 4) is 0 Å². The first kappa shape index (κ1) is 22.6. The maximum atomic E-state index is 12.9. The van der Waals surface area contributed by atoms with Gasteiger partial charge < -0.3 is 14.4 Å². The number of rotatable bonds is 5. The molecule has 2 fully saturated rings. The lowest BCUT2D eigenvalue weighted by Crippen LogP contribution is -2.45. The Morgan fingerprint density at radius 3 is 2.37 bits per heavy atom. The van der Waals surface area contributed by atoms with Crippen LogP contribution in [0.2, 0.25) is 0 Å². The largest absolute Gasteiger partial charge is 0.460 e. The van der Waals surface area contributed by atoms with Gasteiger partial charge in [0.1, 0.15) is 18.2 Å². The molecule has 6 nitrogen and oxygen atoms in total. The highest BCUT2D eigenvalue weighted by atomic mass is 16.6. The molecule has 1 spiro atoms. The average molecular weight is 417 g/mol. The van der Waals surface area contributed by atoms with E-state index in [9.17, 15) is 9.59 Å². The van der Waals surface area contributed by atoms with Gasteiger partial charge in [0.25, 0.3) is 0 Å². The zero-order chi connectivity index (χ0) is 21.9. The Hall–Kier alpha value is -2.08. The third kappa shape index (κ3) is 5.54. The predicted molar refractivity (Wildman–Crippen MR) is 116 cm³/mol. The summed E-state index contributed by atoms with van der Waals surface area (Å²) in [6.07, 6.45) is 1.70. The zero-order valence-electron chi connectivity index (χ0n) is 19.0. The molecular weight excluding hydrogens is 380 g/mol. The van der Waals surface area contributed by atoms with Crippen LogP contribution in [0, 0.1) is 11.3 Å². The fourth-order valence-electron chi connectivity index (χ4n) is 4.61. The van der Waals surface area contributed by atoms with Gasteiger partial charge in [-0.25, -0.2) is 4.79 Å². The van der Waals surface area contributed by atoms with Gasteiger partial charge in [-0.2, -0.15) is 0 Å². The van der Waals surface area contributed by atoms with Crippen LogP contribution in [-0.2, 0) is 20.9 Å². The normalized spacial score (nSPS) is 23.2. The molecule has 0 N–H and O–H groups in total. The van der Waals surface area contributed by atoms with Crippen molar-refractivity contribution in [3.63, 3.8) is 0 Å². The summed E-state index contributed by atoms with van der Waals surface area (Å²) in [5.41, 5.74) is 0.554. The summed E-state index contributed by atoms with van der Waals surface area (Å²) in [5.74, 6) is -0.000293. The maximum absolute atomic E-state index is 12.9. The molecule has 2 atom stereocenters. The quantitative estimate of drug-likeness (QED) is 0.677. The summed E-state index contributed by atoms with van der Waals surface area (Å²) in [5, 5.41) is 0. The summed E-state index contributed by atoms with van der Waals surface area (Å²) >= 11 is 0. The number of nitrogens with zero attached hydrogens (tertiary/aromatic N) is 2. The van der Waals surface area contributed by atoms with E-state index >= 15 is 0 Å². The summed E-state index contributed by atoms with van der Waals surface area (Å²) < 4.78 is 11.2. The van der Waals surface area contributed by atoms with Gasteiger partial charge in [-0.3, -0.25) is 9.69 Å². The molecule has 2 aliphatic heterocycles. The minimum Gasteiger partial charge on any atom is -0.460 e. The van der Waals surface area contributed by atoms with Gasteiger partial charge in [0, 0.05) is 25.0 Å². The van der Waals surface area contributed by atoms with Crippen molar-refractivity contribution in [2.24, 2.45) is 11.3 Å². The number of carbonyl (C=O) groups is 2. The highest BCUT2D eigenvalue weighted by Crippen LogP contribution is 2.41. The maximum Gasteiger partial charge on any atom is 0.410 e. The highest BCUT2D eigenvalue weighted by Gasteiger charge is 2.48. The molecule has 2 aliphatic rings. The fraction of sp³-hybridized carbons (Fsp3) is 0.667. The lowest BCUT2D eigenvalue weighted by molar-refractivity contribution is -0.153.